The van der Waals surface area contributed by atoms with Gasteiger partial charge in [0, 0.05) is 6.04 Å². The highest BCUT2D eigenvalue weighted by molar-refractivity contribution is 5.36. The van der Waals surface area contributed by atoms with Crippen molar-refractivity contribution in [2.75, 3.05) is 0 Å². The Morgan fingerprint density at radius 1 is 1.36 bits per heavy atom. The van der Waals surface area contributed by atoms with Gasteiger partial charge in [-0.05, 0) is 29.5 Å². The number of aryl methyl sites for hydroxylation is 1. The van der Waals surface area contributed by atoms with Crippen LogP contribution in [0.4, 0.5) is 0 Å². The Morgan fingerprint density at radius 3 is 2.50 bits per heavy atom. The highest BCUT2D eigenvalue weighted by atomic mass is 14.6. The summed E-state index contributed by atoms with van der Waals surface area (Å²) in [4.78, 5) is 0. The highest BCUT2D eigenvalue weighted by Gasteiger charge is 2.07. The van der Waals surface area contributed by atoms with Crippen molar-refractivity contribution in [2.24, 2.45) is 5.73 Å². The maximum absolute atomic E-state index is 5.95. The van der Waals surface area contributed by atoms with E-state index in [9.17, 15) is 0 Å². The summed E-state index contributed by atoms with van der Waals surface area (Å²) in [5.74, 6) is 0.548. The molecule has 1 unspecified atom stereocenters. The molecule has 0 aliphatic rings. The SMILES string of the molecule is C=CC(N)c1cc(C(C)C)ccc1C. The summed E-state index contributed by atoms with van der Waals surface area (Å²) in [6.45, 7) is 10.2. The lowest BCUT2D eigenvalue weighted by atomic mass is 9.94. The zero-order chi connectivity index (χ0) is 10.7. The topological polar surface area (TPSA) is 26.0 Å². The van der Waals surface area contributed by atoms with Crippen molar-refractivity contribution in [3.05, 3.63) is 47.5 Å². The van der Waals surface area contributed by atoms with Gasteiger partial charge in [-0.15, -0.1) is 6.58 Å². The summed E-state index contributed by atoms with van der Waals surface area (Å²) in [5.41, 5.74) is 9.71. The molecule has 76 valence electrons. The molecule has 1 atom stereocenters. The fraction of sp³-hybridized carbons (Fsp3) is 0.385. The quantitative estimate of drug-likeness (QED) is 0.725. The minimum Gasteiger partial charge on any atom is -0.321 e. The first-order valence-corrected chi connectivity index (χ1v) is 5.04. The van der Waals surface area contributed by atoms with E-state index in [2.05, 4.69) is 45.5 Å². The zero-order valence-electron chi connectivity index (χ0n) is 9.25. The molecule has 14 heavy (non-hydrogen) atoms. The first-order chi connectivity index (χ1) is 6.56. The highest BCUT2D eigenvalue weighted by Crippen LogP contribution is 2.22. The molecule has 0 saturated heterocycles. The van der Waals surface area contributed by atoms with Crippen LogP contribution in [0.2, 0.25) is 0 Å². The minimum absolute atomic E-state index is 0.0475. The summed E-state index contributed by atoms with van der Waals surface area (Å²) >= 11 is 0. The molecule has 0 radical (unpaired) electrons. The lowest BCUT2D eigenvalue weighted by molar-refractivity contribution is 0.844. The van der Waals surface area contributed by atoms with Crippen LogP contribution in [0.15, 0.2) is 30.9 Å². The molecule has 1 rings (SSSR count). The van der Waals surface area contributed by atoms with E-state index in [-0.39, 0.29) is 6.04 Å². The number of nitrogens with two attached hydrogens (primary N) is 1. The van der Waals surface area contributed by atoms with Gasteiger partial charge in [0.05, 0.1) is 0 Å². The molecule has 0 aliphatic heterocycles. The fourth-order valence-corrected chi connectivity index (χ4v) is 1.50. The van der Waals surface area contributed by atoms with Gasteiger partial charge in [0.15, 0.2) is 0 Å². The van der Waals surface area contributed by atoms with Crippen molar-refractivity contribution in [3.63, 3.8) is 0 Å². The Balaban J connectivity index is 3.14. The lowest BCUT2D eigenvalue weighted by Gasteiger charge is -2.14. The van der Waals surface area contributed by atoms with Crippen LogP contribution in [-0.2, 0) is 0 Å². The summed E-state index contributed by atoms with van der Waals surface area (Å²) in [7, 11) is 0. The van der Waals surface area contributed by atoms with Gasteiger partial charge >= 0.3 is 0 Å². The average Bonchev–Trinajstić information content (AvgIpc) is 2.17. The summed E-state index contributed by atoms with van der Waals surface area (Å²) in [5, 5.41) is 0. The number of hydrogen-bond acceptors (Lipinski definition) is 1. The van der Waals surface area contributed by atoms with Gasteiger partial charge in [0.1, 0.15) is 0 Å². The standard InChI is InChI=1S/C13H19N/c1-5-13(14)12-8-11(9(2)3)7-6-10(12)4/h5-9,13H,1,14H2,2-4H3. The van der Waals surface area contributed by atoms with Crippen LogP contribution < -0.4 is 5.73 Å². The Bertz CT molecular complexity index is 326. The Kier molecular flexibility index (Phi) is 3.48. The van der Waals surface area contributed by atoms with Crippen LogP contribution in [0.3, 0.4) is 0 Å². The Labute approximate surface area is 86.6 Å². The molecular formula is C13H19N. The number of hydrogen-bond donors (Lipinski definition) is 1. The molecule has 1 heteroatoms. The van der Waals surface area contributed by atoms with Gasteiger partial charge in [0.2, 0.25) is 0 Å². The third-order valence-corrected chi connectivity index (χ3v) is 2.58. The predicted octanol–water partition coefficient (Wildman–Crippen LogP) is 3.30. The molecule has 0 fully saturated rings. The molecule has 2 N–H and O–H groups in total. The lowest BCUT2D eigenvalue weighted by Crippen LogP contribution is -2.09. The second kappa shape index (κ2) is 4.43. The zero-order valence-corrected chi connectivity index (χ0v) is 9.25. The third kappa shape index (κ3) is 2.24. The molecule has 0 aromatic heterocycles. The van der Waals surface area contributed by atoms with E-state index in [4.69, 9.17) is 5.73 Å². The normalized spacial score (nSPS) is 12.9. The maximum Gasteiger partial charge on any atom is 0.0481 e. The monoisotopic (exact) mass is 189 g/mol. The third-order valence-electron chi connectivity index (χ3n) is 2.58. The first-order valence-electron chi connectivity index (χ1n) is 5.04. The van der Waals surface area contributed by atoms with Gasteiger partial charge in [-0.3, -0.25) is 0 Å². The van der Waals surface area contributed by atoms with Crippen LogP contribution in [-0.4, -0.2) is 0 Å². The molecule has 0 heterocycles. The van der Waals surface area contributed by atoms with Crippen LogP contribution in [0, 0.1) is 6.92 Å². The van der Waals surface area contributed by atoms with Gasteiger partial charge in [-0.2, -0.15) is 0 Å². The van der Waals surface area contributed by atoms with E-state index in [1.165, 1.54) is 16.7 Å². The van der Waals surface area contributed by atoms with Gasteiger partial charge in [-0.1, -0.05) is 38.1 Å². The molecule has 0 aliphatic carbocycles. The Hall–Kier alpha value is -1.08. The molecule has 0 saturated carbocycles. The van der Waals surface area contributed by atoms with Crippen LogP contribution in [0.25, 0.3) is 0 Å². The molecule has 0 spiro atoms. The average molecular weight is 189 g/mol. The maximum atomic E-state index is 5.95. The van der Waals surface area contributed by atoms with Crippen LogP contribution >= 0.6 is 0 Å². The summed E-state index contributed by atoms with van der Waals surface area (Å²) in [6, 6.07) is 6.44. The van der Waals surface area contributed by atoms with E-state index in [1.54, 1.807) is 6.08 Å². The van der Waals surface area contributed by atoms with Crippen molar-refractivity contribution >= 4 is 0 Å². The molecule has 1 aromatic rings. The van der Waals surface area contributed by atoms with E-state index < -0.39 is 0 Å². The summed E-state index contributed by atoms with van der Waals surface area (Å²) in [6.07, 6.45) is 1.78. The van der Waals surface area contributed by atoms with Crippen molar-refractivity contribution in [3.8, 4) is 0 Å². The van der Waals surface area contributed by atoms with Gasteiger partial charge < -0.3 is 5.73 Å². The molecular weight excluding hydrogens is 170 g/mol. The molecule has 1 nitrogen and oxygen atoms in total. The number of rotatable bonds is 3. The molecule has 0 amide bonds. The van der Waals surface area contributed by atoms with Crippen molar-refractivity contribution in [1.82, 2.24) is 0 Å². The second-order valence-electron chi connectivity index (χ2n) is 4.03. The van der Waals surface area contributed by atoms with Crippen molar-refractivity contribution < 1.29 is 0 Å². The van der Waals surface area contributed by atoms with Gasteiger partial charge in [0.25, 0.3) is 0 Å². The largest absolute Gasteiger partial charge is 0.321 e. The van der Waals surface area contributed by atoms with Crippen LogP contribution in [0.5, 0.6) is 0 Å². The van der Waals surface area contributed by atoms with Gasteiger partial charge in [-0.25, -0.2) is 0 Å². The molecule has 0 bridgehead atoms. The van der Waals surface area contributed by atoms with Crippen molar-refractivity contribution in [1.29, 1.82) is 0 Å². The van der Waals surface area contributed by atoms with Crippen LogP contribution in [0.1, 0.15) is 42.5 Å². The minimum atomic E-state index is -0.0475. The summed E-state index contributed by atoms with van der Waals surface area (Å²) < 4.78 is 0. The van der Waals surface area contributed by atoms with E-state index >= 15 is 0 Å². The smallest absolute Gasteiger partial charge is 0.0481 e. The Morgan fingerprint density at radius 2 is 2.00 bits per heavy atom. The van der Waals surface area contributed by atoms with E-state index in [1.807, 2.05) is 0 Å². The fourth-order valence-electron chi connectivity index (χ4n) is 1.50. The first kappa shape index (κ1) is 11.0. The molecule has 1 aromatic carbocycles. The second-order valence-corrected chi connectivity index (χ2v) is 4.03. The van der Waals surface area contributed by atoms with E-state index in [0.29, 0.717) is 5.92 Å². The van der Waals surface area contributed by atoms with Crippen molar-refractivity contribution in [2.45, 2.75) is 32.7 Å². The predicted molar refractivity (Wildman–Crippen MR) is 62.4 cm³/mol. The van der Waals surface area contributed by atoms with E-state index in [0.717, 1.165) is 0 Å². The number of benzene rings is 1.